The van der Waals surface area contributed by atoms with E-state index in [0.717, 1.165) is 25.1 Å². The molecule has 2 fully saturated rings. The fourth-order valence-electron chi connectivity index (χ4n) is 2.98. The second-order valence-electron chi connectivity index (χ2n) is 6.00. The predicted molar refractivity (Wildman–Crippen MR) is 71.3 cm³/mol. The van der Waals surface area contributed by atoms with Crippen LogP contribution < -0.4 is 5.32 Å². The Labute approximate surface area is 106 Å². The van der Waals surface area contributed by atoms with Gasteiger partial charge in [-0.1, -0.05) is 13.8 Å². The standard InChI is InChI=1S/C14H28N2O/c1-11(2)15-9-13-5-6-14(13)16-7-4-8-17-12(3)10-16/h11-15H,4-10H2,1-3H3. The van der Waals surface area contributed by atoms with Crippen molar-refractivity contribution in [2.24, 2.45) is 5.92 Å². The van der Waals surface area contributed by atoms with E-state index >= 15 is 0 Å². The Morgan fingerprint density at radius 1 is 1.35 bits per heavy atom. The third-order valence-electron chi connectivity index (χ3n) is 4.12. The van der Waals surface area contributed by atoms with Gasteiger partial charge >= 0.3 is 0 Å². The first-order valence-corrected chi connectivity index (χ1v) is 7.26. The Morgan fingerprint density at radius 3 is 2.82 bits per heavy atom. The molecule has 1 aliphatic carbocycles. The van der Waals surface area contributed by atoms with Crippen LogP contribution in [0.5, 0.6) is 0 Å². The van der Waals surface area contributed by atoms with Crippen LogP contribution in [0.25, 0.3) is 0 Å². The van der Waals surface area contributed by atoms with E-state index < -0.39 is 0 Å². The zero-order valence-electron chi connectivity index (χ0n) is 11.6. The summed E-state index contributed by atoms with van der Waals surface area (Å²) in [5.74, 6) is 0.864. The van der Waals surface area contributed by atoms with Crippen LogP contribution in [-0.2, 0) is 4.74 Å². The Morgan fingerprint density at radius 2 is 2.18 bits per heavy atom. The fourth-order valence-corrected chi connectivity index (χ4v) is 2.98. The lowest BCUT2D eigenvalue weighted by molar-refractivity contribution is 0.0266. The minimum absolute atomic E-state index is 0.414. The van der Waals surface area contributed by atoms with Crippen LogP contribution >= 0.6 is 0 Å². The van der Waals surface area contributed by atoms with E-state index in [0.29, 0.717) is 12.1 Å². The Kier molecular flexibility index (Phi) is 4.83. The summed E-state index contributed by atoms with van der Waals surface area (Å²) in [4.78, 5) is 2.67. The van der Waals surface area contributed by atoms with Gasteiger partial charge in [-0.2, -0.15) is 0 Å². The molecule has 2 aliphatic rings. The maximum atomic E-state index is 5.73. The molecular weight excluding hydrogens is 212 g/mol. The molecule has 1 aliphatic heterocycles. The third kappa shape index (κ3) is 3.67. The van der Waals surface area contributed by atoms with Crippen LogP contribution in [0.1, 0.15) is 40.0 Å². The van der Waals surface area contributed by atoms with Crippen LogP contribution in [0, 0.1) is 5.92 Å². The molecule has 100 valence electrons. The molecule has 0 aromatic carbocycles. The molecule has 0 radical (unpaired) electrons. The molecular formula is C14H28N2O. The molecule has 0 aromatic rings. The molecule has 0 spiro atoms. The van der Waals surface area contributed by atoms with E-state index in [1.807, 2.05) is 0 Å². The van der Waals surface area contributed by atoms with Crippen molar-refractivity contribution in [3.05, 3.63) is 0 Å². The molecule has 1 N–H and O–H groups in total. The first kappa shape index (κ1) is 13.3. The highest BCUT2D eigenvalue weighted by molar-refractivity contribution is 4.91. The topological polar surface area (TPSA) is 24.5 Å². The molecule has 3 atom stereocenters. The summed E-state index contributed by atoms with van der Waals surface area (Å²) in [5.41, 5.74) is 0. The molecule has 3 heteroatoms. The van der Waals surface area contributed by atoms with Gasteiger partial charge in [-0.3, -0.25) is 4.90 Å². The first-order valence-electron chi connectivity index (χ1n) is 7.26. The minimum atomic E-state index is 0.414. The highest BCUT2D eigenvalue weighted by Crippen LogP contribution is 2.32. The van der Waals surface area contributed by atoms with Crippen molar-refractivity contribution in [1.82, 2.24) is 10.2 Å². The second kappa shape index (κ2) is 6.17. The smallest absolute Gasteiger partial charge is 0.0674 e. The number of rotatable bonds is 4. The summed E-state index contributed by atoms with van der Waals surface area (Å²) in [6, 6.07) is 1.42. The Balaban J connectivity index is 1.80. The van der Waals surface area contributed by atoms with E-state index in [2.05, 4.69) is 31.0 Å². The van der Waals surface area contributed by atoms with Crippen molar-refractivity contribution in [2.75, 3.05) is 26.2 Å². The summed E-state index contributed by atoms with van der Waals surface area (Å²) in [7, 11) is 0. The number of nitrogens with zero attached hydrogens (tertiary/aromatic N) is 1. The Bertz CT molecular complexity index is 232. The average molecular weight is 240 g/mol. The summed E-state index contributed by atoms with van der Waals surface area (Å²) >= 11 is 0. The predicted octanol–water partition coefficient (Wildman–Crippen LogP) is 1.87. The molecule has 0 aromatic heterocycles. The van der Waals surface area contributed by atoms with E-state index in [-0.39, 0.29) is 0 Å². The van der Waals surface area contributed by atoms with Gasteiger partial charge in [-0.15, -0.1) is 0 Å². The molecule has 17 heavy (non-hydrogen) atoms. The average Bonchev–Trinajstić information content (AvgIpc) is 2.41. The lowest BCUT2D eigenvalue weighted by Gasteiger charge is -2.45. The lowest BCUT2D eigenvalue weighted by Crippen LogP contribution is -2.52. The minimum Gasteiger partial charge on any atom is -0.377 e. The quantitative estimate of drug-likeness (QED) is 0.812. The van der Waals surface area contributed by atoms with Crippen molar-refractivity contribution in [1.29, 1.82) is 0 Å². The van der Waals surface area contributed by atoms with Gasteiger partial charge in [0.2, 0.25) is 0 Å². The highest BCUT2D eigenvalue weighted by atomic mass is 16.5. The van der Waals surface area contributed by atoms with Crippen molar-refractivity contribution in [3.8, 4) is 0 Å². The first-order chi connectivity index (χ1) is 8.16. The van der Waals surface area contributed by atoms with Crippen LogP contribution in [0.2, 0.25) is 0 Å². The number of nitrogens with one attached hydrogen (secondary N) is 1. The molecule has 1 heterocycles. The van der Waals surface area contributed by atoms with Gasteiger partial charge < -0.3 is 10.1 Å². The summed E-state index contributed by atoms with van der Waals surface area (Å²) in [6.45, 7) is 11.2. The van der Waals surface area contributed by atoms with Crippen molar-refractivity contribution >= 4 is 0 Å². The van der Waals surface area contributed by atoms with Gasteiger partial charge in [0.05, 0.1) is 6.10 Å². The van der Waals surface area contributed by atoms with E-state index in [1.165, 1.54) is 32.4 Å². The van der Waals surface area contributed by atoms with Gasteiger partial charge in [-0.25, -0.2) is 0 Å². The Hall–Kier alpha value is -0.120. The van der Waals surface area contributed by atoms with E-state index in [1.54, 1.807) is 0 Å². The summed E-state index contributed by atoms with van der Waals surface area (Å²) < 4.78 is 5.73. The molecule has 0 amide bonds. The van der Waals surface area contributed by atoms with Gasteiger partial charge in [0, 0.05) is 31.8 Å². The van der Waals surface area contributed by atoms with E-state index in [9.17, 15) is 0 Å². The largest absolute Gasteiger partial charge is 0.377 e. The zero-order chi connectivity index (χ0) is 12.3. The SMILES string of the molecule is CC(C)NCC1CCC1N1CCCOC(C)C1. The summed E-state index contributed by atoms with van der Waals surface area (Å²) in [6.07, 6.45) is 4.40. The number of ether oxygens (including phenoxy) is 1. The van der Waals surface area contributed by atoms with Crippen molar-refractivity contribution < 1.29 is 4.74 Å². The molecule has 1 saturated heterocycles. The van der Waals surface area contributed by atoms with Crippen LogP contribution in [-0.4, -0.2) is 49.3 Å². The van der Waals surface area contributed by atoms with Crippen LogP contribution in [0.15, 0.2) is 0 Å². The summed E-state index contributed by atoms with van der Waals surface area (Å²) in [5, 5.41) is 3.59. The van der Waals surface area contributed by atoms with Gasteiger partial charge in [0.25, 0.3) is 0 Å². The molecule has 2 rings (SSSR count). The normalized spacial score (nSPS) is 35.6. The number of hydrogen-bond acceptors (Lipinski definition) is 3. The van der Waals surface area contributed by atoms with Gasteiger partial charge in [0.1, 0.15) is 0 Å². The van der Waals surface area contributed by atoms with Crippen molar-refractivity contribution in [2.45, 2.75) is 58.2 Å². The maximum absolute atomic E-state index is 5.73. The van der Waals surface area contributed by atoms with E-state index in [4.69, 9.17) is 4.74 Å². The lowest BCUT2D eigenvalue weighted by atomic mass is 9.78. The fraction of sp³-hybridized carbons (Fsp3) is 1.00. The number of hydrogen-bond donors (Lipinski definition) is 1. The maximum Gasteiger partial charge on any atom is 0.0674 e. The van der Waals surface area contributed by atoms with Gasteiger partial charge in [0.15, 0.2) is 0 Å². The third-order valence-corrected chi connectivity index (χ3v) is 4.12. The zero-order valence-corrected chi connectivity index (χ0v) is 11.6. The molecule has 0 bridgehead atoms. The molecule has 3 nitrogen and oxygen atoms in total. The monoisotopic (exact) mass is 240 g/mol. The molecule has 3 unspecified atom stereocenters. The van der Waals surface area contributed by atoms with Crippen LogP contribution in [0.4, 0.5) is 0 Å². The highest BCUT2D eigenvalue weighted by Gasteiger charge is 2.36. The van der Waals surface area contributed by atoms with Gasteiger partial charge in [-0.05, 0) is 38.6 Å². The molecule has 1 saturated carbocycles. The van der Waals surface area contributed by atoms with Crippen LogP contribution in [0.3, 0.4) is 0 Å². The van der Waals surface area contributed by atoms with Crippen molar-refractivity contribution in [3.63, 3.8) is 0 Å². The second-order valence-corrected chi connectivity index (χ2v) is 6.00.